The van der Waals surface area contributed by atoms with E-state index in [9.17, 15) is 9.59 Å². The standard InChI is InChI=1S/C31H33ClN4O4/c1-17(2)40-22-15-20(39-6)11-12-21(22)28-34-24(18-7-9-19(32)10-8-18)26-31(5)14-13-30(3,4)25-27(31)35(16-23(37)33-25)29(38)36(26)28/h7-15,17,24,26H,16H2,1-6H3,(H,33,37). The van der Waals surface area contributed by atoms with E-state index in [0.717, 1.165) is 17.0 Å². The normalized spacial score (nSPS) is 26.4. The van der Waals surface area contributed by atoms with Crippen molar-refractivity contribution in [1.29, 1.82) is 0 Å². The lowest BCUT2D eigenvalue weighted by molar-refractivity contribution is -0.122. The Kier molecular flexibility index (Phi) is 6.03. The third kappa shape index (κ3) is 3.91. The number of urea groups is 1. The van der Waals surface area contributed by atoms with Crippen LogP contribution in [0.4, 0.5) is 4.79 Å². The summed E-state index contributed by atoms with van der Waals surface area (Å²) >= 11 is 6.25. The first-order chi connectivity index (χ1) is 18.9. The van der Waals surface area contributed by atoms with Crippen LogP contribution in [0, 0.1) is 10.8 Å². The van der Waals surface area contributed by atoms with Gasteiger partial charge >= 0.3 is 6.03 Å². The van der Waals surface area contributed by atoms with Crippen molar-refractivity contribution >= 4 is 29.4 Å². The van der Waals surface area contributed by atoms with E-state index in [1.807, 2.05) is 70.2 Å². The molecule has 1 fully saturated rings. The Hall–Kier alpha value is -3.78. The van der Waals surface area contributed by atoms with Crippen LogP contribution in [0.2, 0.25) is 5.02 Å². The zero-order chi connectivity index (χ0) is 28.6. The third-order valence-electron chi connectivity index (χ3n) is 8.20. The van der Waals surface area contributed by atoms with E-state index >= 15 is 0 Å². The molecule has 1 saturated heterocycles. The van der Waals surface area contributed by atoms with Gasteiger partial charge in [0.1, 0.15) is 23.9 Å². The maximum Gasteiger partial charge on any atom is 0.330 e. The molecular weight excluding hydrogens is 528 g/mol. The smallest absolute Gasteiger partial charge is 0.330 e. The van der Waals surface area contributed by atoms with Crippen LogP contribution in [-0.4, -0.2) is 53.4 Å². The van der Waals surface area contributed by atoms with Crippen LogP contribution in [-0.2, 0) is 4.79 Å². The lowest BCUT2D eigenvalue weighted by Crippen LogP contribution is -2.67. The molecule has 3 atom stereocenters. The minimum absolute atomic E-state index is 0.0583. The SMILES string of the molecule is COc1ccc(C2=NC(c3ccc(Cl)cc3)C3N2C(=O)N2CC(=O)NC4=C2C3(C)C=CC4(C)C)c(OC(C)C)c1. The predicted octanol–water partition coefficient (Wildman–Crippen LogP) is 5.69. The second kappa shape index (κ2) is 9.13. The number of carbonyl (C=O) groups is 2. The Morgan fingerprint density at radius 3 is 2.48 bits per heavy atom. The summed E-state index contributed by atoms with van der Waals surface area (Å²) < 4.78 is 11.7. The second-order valence-corrected chi connectivity index (χ2v) is 12.2. The molecule has 9 heteroatoms. The van der Waals surface area contributed by atoms with E-state index in [4.69, 9.17) is 26.1 Å². The number of nitrogens with one attached hydrogen (secondary N) is 1. The predicted molar refractivity (Wildman–Crippen MR) is 153 cm³/mol. The highest BCUT2D eigenvalue weighted by Gasteiger charge is 2.61. The molecule has 0 bridgehead atoms. The maximum absolute atomic E-state index is 14.5. The number of halogens is 1. The zero-order valence-electron chi connectivity index (χ0n) is 23.5. The second-order valence-electron chi connectivity index (χ2n) is 11.8. The molecule has 0 aromatic heterocycles. The highest BCUT2D eigenvalue weighted by Crippen LogP contribution is 2.57. The number of allylic oxidation sites excluding steroid dienone is 1. The van der Waals surface area contributed by atoms with Gasteiger partial charge in [-0.15, -0.1) is 0 Å². The Bertz CT molecular complexity index is 1510. The van der Waals surface area contributed by atoms with Gasteiger partial charge in [-0.3, -0.25) is 19.6 Å². The average molecular weight is 561 g/mol. The molecule has 8 nitrogen and oxygen atoms in total. The van der Waals surface area contributed by atoms with Gasteiger partial charge < -0.3 is 14.8 Å². The molecule has 3 aliphatic heterocycles. The number of aliphatic imine (C=N–C) groups is 1. The molecule has 0 radical (unpaired) electrons. The monoisotopic (exact) mass is 560 g/mol. The molecule has 3 heterocycles. The lowest BCUT2D eigenvalue weighted by atomic mass is 9.64. The first-order valence-electron chi connectivity index (χ1n) is 13.5. The van der Waals surface area contributed by atoms with Gasteiger partial charge in [0.25, 0.3) is 0 Å². The number of rotatable bonds is 5. The van der Waals surface area contributed by atoms with Gasteiger partial charge in [0.15, 0.2) is 0 Å². The minimum atomic E-state index is -0.645. The van der Waals surface area contributed by atoms with Crippen molar-refractivity contribution < 1.29 is 19.1 Å². The van der Waals surface area contributed by atoms with E-state index in [1.165, 1.54) is 0 Å². The Morgan fingerprint density at radius 2 is 1.80 bits per heavy atom. The summed E-state index contributed by atoms with van der Waals surface area (Å²) in [6.45, 7) is 10.1. The van der Waals surface area contributed by atoms with Gasteiger partial charge in [-0.1, -0.05) is 49.7 Å². The van der Waals surface area contributed by atoms with Crippen LogP contribution in [0.5, 0.6) is 11.5 Å². The molecule has 0 saturated carbocycles. The first-order valence-corrected chi connectivity index (χ1v) is 13.9. The number of ether oxygens (including phenoxy) is 2. The zero-order valence-corrected chi connectivity index (χ0v) is 24.2. The molecule has 6 rings (SSSR count). The molecule has 208 valence electrons. The average Bonchev–Trinajstić information content (AvgIpc) is 3.31. The highest BCUT2D eigenvalue weighted by molar-refractivity contribution is 6.30. The fourth-order valence-electron chi connectivity index (χ4n) is 6.32. The van der Waals surface area contributed by atoms with Crippen LogP contribution in [0.25, 0.3) is 0 Å². The van der Waals surface area contributed by atoms with Gasteiger partial charge in [0, 0.05) is 22.2 Å². The van der Waals surface area contributed by atoms with Crippen LogP contribution in [0.1, 0.15) is 51.8 Å². The number of carbonyl (C=O) groups excluding carboxylic acids is 2. The summed E-state index contributed by atoms with van der Waals surface area (Å²) in [6.07, 6.45) is 4.19. The van der Waals surface area contributed by atoms with Gasteiger partial charge in [-0.05, 0) is 50.6 Å². The minimum Gasteiger partial charge on any atom is -0.497 e. The number of methoxy groups -OCH3 is 1. The topological polar surface area (TPSA) is 83.5 Å². The van der Waals surface area contributed by atoms with Crippen molar-refractivity contribution in [3.8, 4) is 11.5 Å². The van der Waals surface area contributed by atoms with Crippen LogP contribution in [0.15, 0.2) is 71.0 Å². The molecule has 3 unspecified atom stereocenters. The van der Waals surface area contributed by atoms with Crippen LogP contribution >= 0.6 is 11.6 Å². The van der Waals surface area contributed by atoms with Crippen molar-refractivity contribution in [3.63, 3.8) is 0 Å². The van der Waals surface area contributed by atoms with Crippen molar-refractivity contribution in [1.82, 2.24) is 15.1 Å². The van der Waals surface area contributed by atoms with Crippen molar-refractivity contribution in [2.24, 2.45) is 15.8 Å². The van der Waals surface area contributed by atoms with Crippen LogP contribution < -0.4 is 14.8 Å². The number of hydrogen-bond donors (Lipinski definition) is 1. The summed E-state index contributed by atoms with van der Waals surface area (Å²) in [4.78, 5) is 36.0. The summed E-state index contributed by atoms with van der Waals surface area (Å²) in [5.74, 6) is 1.50. The van der Waals surface area contributed by atoms with Crippen molar-refractivity contribution in [3.05, 3.63) is 82.2 Å². The quantitative estimate of drug-likeness (QED) is 0.476. The Morgan fingerprint density at radius 1 is 1.07 bits per heavy atom. The Balaban J connectivity index is 1.59. The van der Waals surface area contributed by atoms with Crippen molar-refractivity contribution in [2.75, 3.05) is 13.7 Å². The molecule has 40 heavy (non-hydrogen) atoms. The molecule has 4 aliphatic rings. The van der Waals surface area contributed by atoms with Gasteiger partial charge in [-0.2, -0.15) is 0 Å². The maximum atomic E-state index is 14.5. The van der Waals surface area contributed by atoms with Crippen molar-refractivity contribution in [2.45, 2.75) is 52.8 Å². The van der Waals surface area contributed by atoms with E-state index in [1.54, 1.807) is 16.9 Å². The summed E-state index contributed by atoms with van der Waals surface area (Å²) in [5, 5.41) is 3.73. The fraction of sp³-hybridized carbons (Fsp3) is 0.387. The Labute approximate surface area is 239 Å². The number of benzene rings is 2. The summed E-state index contributed by atoms with van der Waals surface area (Å²) in [7, 11) is 1.60. The largest absolute Gasteiger partial charge is 0.497 e. The summed E-state index contributed by atoms with van der Waals surface area (Å²) in [6, 6.07) is 12.1. The number of hydrogen-bond acceptors (Lipinski definition) is 5. The van der Waals surface area contributed by atoms with Gasteiger partial charge in [-0.25, -0.2) is 4.79 Å². The van der Waals surface area contributed by atoms with Gasteiger partial charge in [0.2, 0.25) is 5.91 Å². The highest BCUT2D eigenvalue weighted by atomic mass is 35.5. The molecule has 3 amide bonds. The number of nitrogens with zero attached hydrogens (tertiary/aromatic N) is 3. The fourth-order valence-corrected chi connectivity index (χ4v) is 6.45. The molecule has 2 aromatic carbocycles. The van der Waals surface area contributed by atoms with Crippen LogP contribution in [0.3, 0.4) is 0 Å². The first kappa shape index (κ1) is 26.4. The molecule has 0 spiro atoms. The lowest BCUT2D eigenvalue weighted by Gasteiger charge is -2.56. The van der Waals surface area contributed by atoms with E-state index in [2.05, 4.69) is 24.4 Å². The van der Waals surface area contributed by atoms with E-state index < -0.39 is 22.9 Å². The number of amides is 3. The van der Waals surface area contributed by atoms with Gasteiger partial charge in [0.05, 0.1) is 42.0 Å². The molecular formula is C31H33ClN4O4. The number of amidine groups is 1. The third-order valence-corrected chi connectivity index (χ3v) is 8.45. The molecule has 1 N–H and O–H groups in total. The summed E-state index contributed by atoms with van der Waals surface area (Å²) in [5.41, 5.74) is 2.12. The van der Waals surface area contributed by atoms with E-state index in [0.29, 0.717) is 27.9 Å². The molecule has 2 aromatic rings. The van der Waals surface area contributed by atoms with E-state index in [-0.39, 0.29) is 24.6 Å². The number of fused-ring (bicyclic) bond motifs is 2. The molecule has 1 aliphatic carbocycles.